The number of nitrogens with one attached hydrogen (secondary N) is 1. The second-order valence-electron chi connectivity index (χ2n) is 4.30. The lowest BCUT2D eigenvalue weighted by molar-refractivity contribution is -0.137. The van der Waals surface area contributed by atoms with E-state index in [0.29, 0.717) is 17.6 Å². The van der Waals surface area contributed by atoms with Crippen LogP contribution in [0.2, 0.25) is 0 Å². The summed E-state index contributed by atoms with van der Waals surface area (Å²) in [5, 5.41) is 0. The predicted molar refractivity (Wildman–Crippen MR) is 71.2 cm³/mol. The molecule has 3 aromatic rings. The Balaban J connectivity index is 2.33. The van der Waals surface area contributed by atoms with Crippen LogP contribution in [-0.2, 0) is 6.18 Å². The number of fused-ring (bicyclic) bond motifs is 1. The van der Waals surface area contributed by atoms with Gasteiger partial charge in [-0.05, 0) is 42.5 Å². The molecule has 0 amide bonds. The van der Waals surface area contributed by atoms with E-state index < -0.39 is 17.6 Å². The summed E-state index contributed by atoms with van der Waals surface area (Å²) in [5.41, 5.74) is -0.467. The lowest BCUT2D eigenvalue weighted by Gasteiger charge is -2.10. The highest BCUT2D eigenvalue weighted by molar-refractivity contribution is 7.71. The van der Waals surface area contributed by atoms with Gasteiger partial charge in [-0.25, -0.2) is 9.37 Å². The molecule has 8 heteroatoms. The zero-order chi connectivity index (χ0) is 15.2. The molecule has 3 nitrogen and oxygen atoms in total. The standard InChI is InChI=1S/C13H7F4N3S/c14-8-4-3-7(13(15,16)17)6-10(8)20-11-9(19-12(20)21)2-1-5-18-11/h1-6H,(H,19,21). The Kier molecular flexibility index (Phi) is 3.05. The molecule has 0 fully saturated rings. The first-order chi connectivity index (χ1) is 9.88. The summed E-state index contributed by atoms with van der Waals surface area (Å²) in [6, 6.07) is 5.46. The molecular formula is C13H7F4N3S. The van der Waals surface area contributed by atoms with E-state index in [9.17, 15) is 17.6 Å². The third-order valence-corrected chi connectivity index (χ3v) is 3.24. The largest absolute Gasteiger partial charge is 0.416 e. The van der Waals surface area contributed by atoms with Gasteiger partial charge in [-0.15, -0.1) is 0 Å². The minimum Gasteiger partial charge on any atom is -0.329 e. The van der Waals surface area contributed by atoms with Crippen molar-refractivity contribution in [3.8, 4) is 5.69 Å². The zero-order valence-electron chi connectivity index (χ0n) is 10.3. The Morgan fingerprint density at radius 1 is 1.19 bits per heavy atom. The number of hydrogen-bond acceptors (Lipinski definition) is 2. The SMILES string of the molecule is Fc1ccc(C(F)(F)F)cc1-n1c(=S)[nH]c2cccnc21. The fourth-order valence-electron chi connectivity index (χ4n) is 2.02. The number of H-pyrrole nitrogens is 1. The molecule has 0 aliphatic rings. The van der Waals surface area contributed by atoms with E-state index in [1.165, 1.54) is 6.20 Å². The molecule has 0 aliphatic carbocycles. The molecule has 1 aromatic carbocycles. The van der Waals surface area contributed by atoms with Gasteiger partial charge in [0, 0.05) is 6.20 Å². The Hall–Kier alpha value is -2.22. The number of alkyl halides is 3. The molecule has 0 aliphatic heterocycles. The third kappa shape index (κ3) is 2.31. The van der Waals surface area contributed by atoms with Gasteiger partial charge >= 0.3 is 6.18 Å². The molecule has 2 heterocycles. The van der Waals surface area contributed by atoms with E-state index >= 15 is 0 Å². The van der Waals surface area contributed by atoms with E-state index in [2.05, 4.69) is 9.97 Å². The molecule has 0 saturated heterocycles. The van der Waals surface area contributed by atoms with Crippen molar-refractivity contribution in [1.82, 2.24) is 14.5 Å². The maximum atomic E-state index is 14.0. The highest BCUT2D eigenvalue weighted by Crippen LogP contribution is 2.32. The molecule has 2 aromatic heterocycles. The van der Waals surface area contributed by atoms with Gasteiger partial charge in [0.15, 0.2) is 10.4 Å². The number of hydrogen-bond donors (Lipinski definition) is 1. The molecule has 3 rings (SSSR count). The van der Waals surface area contributed by atoms with Crippen LogP contribution in [0.3, 0.4) is 0 Å². The van der Waals surface area contributed by atoms with Gasteiger partial charge in [0.1, 0.15) is 5.82 Å². The monoisotopic (exact) mass is 313 g/mol. The molecule has 1 N–H and O–H groups in total. The summed E-state index contributed by atoms with van der Waals surface area (Å²) < 4.78 is 53.5. The van der Waals surface area contributed by atoms with Crippen LogP contribution in [0.25, 0.3) is 16.9 Å². The Morgan fingerprint density at radius 2 is 1.95 bits per heavy atom. The van der Waals surface area contributed by atoms with Crippen molar-refractivity contribution in [2.45, 2.75) is 6.18 Å². The highest BCUT2D eigenvalue weighted by Gasteiger charge is 2.31. The van der Waals surface area contributed by atoms with Crippen LogP contribution in [0.1, 0.15) is 5.56 Å². The van der Waals surface area contributed by atoms with E-state index in [1.807, 2.05) is 0 Å². The number of rotatable bonds is 1. The van der Waals surface area contributed by atoms with E-state index in [1.54, 1.807) is 12.1 Å². The summed E-state index contributed by atoms with van der Waals surface area (Å²) >= 11 is 5.05. The number of pyridine rings is 1. The average Bonchev–Trinajstić information content (AvgIpc) is 2.74. The fourth-order valence-corrected chi connectivity index (χ4v) is 2.32. The van der Waals surface area contributed by atoms with Crippen LogP contribution in [0.15, 0.2) is 36.5 Å². The van der Waals surface area contributed by atoms with E-state index in [-0.39, 0.29) is 16.1 Å². The summed E-state index contributed by atoms with van der Waals surface area (Å²) in [7, 11) is 0. The molecular weight excluding hydrogens is 306 g/mol. The number of nitrogens with zero attached hydrogens (tertiary/aromatic N) is 2. The highest BCUT2D eigenvalue weighted by atomic mass is 32.1. The van der Waals surface area contributed by atoms with Crippen LogP contribution in [0.4, 0.5) is 17.6 Å². The number of aromatic amines is 1. The summed E-state index contributed by atoms with van der Waals surface area (Å²) in [4.78, 5) is 6.81. The Bertz CT molecular complexity index is 879. The zero-order valence-corrected chi connectivity index (χ0v) is 11.1. The Labute approximate surface area is 120 Å². The molecule has 0 saturated carbocycles. The first kappa shape index (κ1) is 13.7. The number of aromatic nitrogens is 3. The number of halogens is 4. The first-order valence-corrected chi connectivity index (χ1v) is 6.21. The maximum absolute atomic E-state index is 14.0. The van der Waals surface area contributed by atoms with Crippen molar-refractivity contribution in [3.63, 3.8) is 0 Å². The van der Waals surface area contributed by atoms with Crippen molar-refractivity contribution >= 4 is 23.4 Å². The van der Waals surface area contributed by atoms with Gasteiger partial charge in [-0.2, -0.15) is 13.2 Å². The topological polar surface area (TPSA) is 33.6 Å². The normalized spacial score (nSPS) is 12.0. The van der Waals surface area contributed by atoms with Gasteiger partial charge in [0.05, 0.1) is 16.8 Å². The molecule has 108 valence electrons. The van der Waals surface area contributed by atoms with Gasteiger partial charge < -0.3 is 4.98 Å². The van der Waals surface area contributed by atoms with Crippen LogP contribution >= 0.6 is 12.2 Å². The van der Waals surface area contributed by atoms with Crippen LogP contribution in [-0.4, -0.2) is 14.5 Å². The summed E-state index contributed by atoms with van der Waals surface area (Å²) in [5.74, 6) is -0.814. The van der Waals surface area contributed by atoms with Gasteiger partial charge in [-0.3, -0.25) is 4.57 Å². The van der Waals surface area contributed by atoms with Crippen LogP contribution < -0.4 is 0 Å². The molecule has 0 spiro atoms. The third-order valence-electron chi connectivity index (χ3n) is 2.96. The van der Waals surface area contributed by atoms with Crippen molar-refractivity contribution in [1.29, 1.82) is 0 Å². The molecule has 0 bridgehead atoms. The first-order valence-electron chi connectivity index (χ1n) is 5.81. The molecule has 0 unspecified atom stereocenters. The van der Waals surface area contributed by atoms with E-state index in [4.69, 9.17) is 12.2 Å². The quantitative estimate of drug-likeness (QED) is 0.538. The van der Waals surface area contributed by atoms with Crippen molar-refractivity contribution in [2.75, 3.05) is 0 Å². The van der Waals surface area contributed by atoms with Gasteiger partial charge in [0.2, 0.25) is 0 Å². The summed E-state index contributed by atoms with van der Waals surface area (Å²) in [6.45, 7) is 0. The van der Waals surface area contributed by atoms with Crippen LogP contribution in [0.5, 0.6) is 0 Å². The fraction of sp³-hybridized carbons (Fsp3) is 0.0769. The lowest BCUT2D eigenvalue weighted by Crippen LogP contribution is -2.08. The summed E-state index contributed by atoms with van der Waals surface area (Å²) in [6.07, 6.45) is -3.11. The Morgan fingerprint density at radius 3 is 2.67 bits per heavy atom. The van der Waals surface area contributed by atoms with Crippen molar-refractivity contribution < 1.29 is 17.6 Å². The van der Waals surface area contributed by atoms with Crippen molar-refractivity contribution in [2.24, 2.45) is 0 Å². The number of imidazole rings is 1. The second-order valence-corrected chi connectivity index (χ2v) is 4.69. The lowest BCUT2D eigenvalue weighted by atomic mass is 10.2. The molecule has 0 atom stereocenters. The maximum Gasteiger partial charge on any atom is 0.416 e. The minimum absolute atomic E-state index is 0.0712. The molecule has 0 radical (unpaired) electrons. The predicted octanol–water partition coefficient (Wildman–Crippen LogP) is 4.24. The molecule has 21 heavy (non-hydrogen) atoms. The van der Waals surface area contributed by atoms with Gasteiger partial charge in [-0.1, -0.05) is 0 Å². The number of benzene rings is 1. The smallest absolute Gasteiger partial charge is 0.329 e. The van der Waals surface area contributed by atoms with Crippen LogP contribution in [0, 0.1) is 10.6 Å². The second kappa shape index (κ2) is 4.66. The van der Waals surface area contributed by atoms with Crippen molar-refractivity contribution in [3.05, 3.63) is 52.7 Å². The van der Waals surface area contributed by atoms with Gasteiger partial charge in [0.25, 0.3) is 0 Å². The minimum atomic E-state index is -4.57. The van der Waals surface area contributed by atoms with E-state index in [0.717, 1.165) is 10.6 Å². The average molecular weight is 313 g/mol.